The summed E-state index contributed by atoms with van der Waals surface area (Å²) < 4.78 is 47.4. The molecule has 7 nitrogen and oxygen atoms in total. The quantitative estimate of drug-likeness (QED) is 0.274. The molecule has 0 atom stereocenters. The van der Waals surface area contributed by atoms with Crippen molar-refractivity contribution in [3.8, 4) is 0 Å². The zero-order chi connectivity index (χ0) is 28.2. The Kier molecular flexibility index (Phi) is 8.62. The average molecular weight is 551 g/mol. The molecule has 0 unspecified atom stereocenters. The lowest BCUT2D eigenvalue weighted by molar-refractivity contribution is -0.132. The van der Waals surface area contributed by atoms with E-state index in [-0.39, 0.29) is 41.4 Å². The van der Waals surface area contributed by atoms with Crippen molar-refractivity contribution in [2.24, 2.45) is 5.92 Å². The zero-order valence-electron chi connectivity index (χ0n) is 22.1. The van der Waals surface area contributed by atoms with Crippen LogP contribution in [0.15, 0.2) is 93.2 Å². The molecule has 0 radical (unpaired) electrons. The van der Waals surface area contributed by atoms with Gasteiger partial charge in [-0.1, -0.05) is 55.8 Å². The molecule has 39 heavy (non-hydrogen) atoms. The predicted octanol–water partition coefficient (Wildman–Crippen LogP) is 5.12. The number of hydrogen-bond donors (Lipinski definition) is 0. The number of para-hydroxylation sites is 1. The Morgan fingerprint density at radius 1 is 0.949 bits per heavy atom. The molecule has 0 aliphatic heterocycles. The molecule has 0 bridgehead atoms. The van der Waals surface area contributed by atoms with Gasteiger partial charge in [-0.2, -0.15) is 4.31 Å². The van der Waals surface area contributed by atoms with Crippen LogP contribution in [0.5, 0.6) is 0 Å². The minimum Gasteiger partial charge on any atom is -0.464 e. The smallest absolute Gasteiger partial charge is 0.243 e. The second-order valence-electron chi connectivity index (χ2n) is 9.97. The van der Waals surface area contributed by atoms with Gasteiger partial charge < -0.3 is 9.32 Å². The fourth-order valence-electron chi connectivity index (χ4n) is 4.24. The molecule has 0 fully saturated rings. The largest absolute Gasteiger partial charge is 0.464 e. The third-order valence-electron chi connectivity index (χ3n) is 6.29. The second kappa shape index (κ2) is 11.9. The van der Waals surface area contributed by atoms with Gasteiger partial charge in [0.1, 0.15) is 11.4 Å². The van der Waals surface area contributed by atoms with E-state index in [2.05, 4.69) is 0 Å². The van der Waals surface area contributed by atoms with Crippen LogP contribution in [0.3, 0.4) is 0 Å². The first kappa shape index (κ1) is 28.2. The van der Waals surface area contributed by atoms with Gasteiger partial charge in [0.15, 0.2) is 5.43 Å². The van der Waals surface area contributed by atoms with E-state index in [4.69, 9.17) is 4.42 Å². The summed E-state index contributed by atoms with van der Waals surface area (Å²) in [7, 11) is -3.97. The summed E-state index contributed by atoms with van der Waals surface area (Å²) in [5.41, 5.74) is 1.95. The van der Waals surface area contributed by atoms with Crippen LogP contribution < -0.4 is 5.43 Å². The van der Waals surface area contributed by atoms with Crippen molar-refractivity contribution in [3.63, 3.8) is 0 Å². The molecule has 9 heteroatoms. The Bertz CT molecular complexity index is 1610. The third kappa shape index (κ3) is 6.79. The van der Waals surface area contributed by atoms with Gasteiger partial charge in [-0.3, -0.25) is 9.59 Å². The molecule has 4 rings (SSSR count). The number of rotatable bonds is 10. The van der Waals surface area contributed by atoms with E-state index in [1.165, 1.54) is 39.7 Å². The van der Waals surface area contributed by atoms with Gasteiger partial charge in [0.2, 0.25) is 15.9 Å². The van der Waals surface area contributed by atoms with E-state index in [0.29, 0.717) is 16.5 Å². The van der Waals surface area contributed by atoms with Crippen LogP contribution >= 0.6 is 0 Å². The molecular formula is C30H31FN2O5S. The Balaban J connectivity index is 1.68. The van der Waals surface area contributed by atoms with E-state index >= 15 is 0 Å². The van der Waals surface area contributed by atoms with E-state index in [1.54, 1.807) is 48.5 Å². The van der Waals surface area contributed by atoms with Crippen molar-refractivity contribution in [1.82, 2.24) is 9.21 Å². The molecule has 204 valence electrons. The Morgan fingerprint density at radius 3 is 2.28 bits per heavy atom. The van der Waals surface area contributed by atoms with Crippen molar-refractivity contribution in [3.05, 3.63) is 112 Å². The number of amides is 1. The van der Waals surface area contributed by atoms with Crippen LogP contribution in [0, 0.1) is 18.7 Å². The summed E-state index contributed by atoms with van der Waals surface area (Å²) in [4.78, 5) is 28.4. The monoisotopic (exact) mass is 550 g/mol. The number of benzene rings is 3. The number of aryl methyl sites for hydroxylation is 1. The molecule has 0 saturated carbocycles. The van der Waals surface area contributed by atoms with E-state index in [1.807, 2.05) is 20.8 Å². The Labute approximate surface area is 227 Å². The van der Waals surface area contributed by atoms with Crippen LogP contribution in [0.25, 0.3) is 11.0 Å². The summed E-state index contributed by atoms with van der Waals surface area (Å²) in [6, 6.07) is 19.0. The first-order chi connectivity index (χ1) is 18.5. The summed E-state index contributed by atoms with van der Waals surface area (Å²) >= 11 is 0. The normalized spacial score (nSPS) is 11.8. The SMILES string of the molecule is Cc1ccc(S(=O)(=O)N(CC(=O)N(Cc2ccc(F)cc2)Cc2coc3ccccc3c2=O)CC(C)C)cc1. The van der Waals surface area contributed by atoms with Crippen LogP contribution in [0.4, 0.5) is 4.39 Å². The molecule has 0 aliphatic carbocycles. The second-order valence-corrected chi connectivity index (χ2v) is 11.9. The van der Waals surface area contributed by atoms with Gasteiger partial charge >= 0.3 is 0 Å². The highest BCUT2D eigenvalue weighted by atomic mass is 32.2. The molecular weight excluding hydrogens is 519 g/mol. The summed E-state index contributed by atoms with van der Waals surface area (Å²) in [5, 5.41) is 0.382. The molecule has 0 saturated heterocycles. The summed E-state index contributed by atoms with van der Waals surface area (Å²) in [6.07, 6.45) is 1.32. The first-order valence-electron chi connectivity index (χ1n) is 12.6. The molecule has 3 aromatic carbocycles. The number of halogens is 1. The van der Waals surface area contributed by atoms with Crippen LogP contribution in [-0.4, -0.2) is 36.6 Å². The fourth-order valence-corrected chi connectivity index (χ4v) is 5.79. The lowest BCUT2D eigenvalue weighted by Crippen LogP contribution is -2.44. The molecule has 4 aromatic rings. The maximum absolute atomic E-state index is 13.7. The van der Waals surface area contributed by atoms with Crippen molar-refractivity contribution in [1.29, 1.82) is 0 Å². The standard InChI is InChI=1S/C30H31FN2O5S/c1-21(2)16-33(39(36,37)26-14-8-22(3)9-15-26)19-29(34)32(17-23-10-12-25(31)13-11-23)18-24-20-38-28-7-5-4-6-27(28)30(24)35/h4-15,20-21H,16-19H2,1-3H3. The van der Waals surface area contributed by atoms with Crippen molar-refractivity contribution >= 4 is 26.9 Å². The first-order valence-corrected chi connectivity index (χ1v) is 14.1. The van der Waals surface area contributed by atoms with Gasteiger partial charge in [-0.05, 0) is 54.8 Å². The Hall–Kier alpha value is -3.82. The zero-order valence-corrected chi connectivity index (χ0v) is 22.9. The van der Waals surface area contributed by atoms with E-state index < -0.39 is 28.3 Å². The van der Waals surface area contributed by atoms with Gasteiger partial charge in [0.25, 0.3) is 0 Å². The summed E-state index contributed by atoms with van der Waals surface area (Å²) in [6.45, 7) is 5.26. The van der Waals surface area contributed by atoms with Gasteiger partial charge in [-0.25, -0.2) is 12.8 Å². The highest BCUT2D eigenvalue weighted by Crippen LogP contribution is 2.20. The number of nitrogens with zero attached hydrogens (tertiary/aromatic N) is 2. The van der Waals surface area contributed by atoms with Crippen LogP contribution in [-0.2, 0) is 27.9 Å². The molecule has 1 heterocycles. The highest BCUT2D eigenvalue weighted by molar-refractivity contribution is 7.89. The third-order valence-corrected chi connectivity index (χ3v) is 8.12. The van der Waals surface area contributed by atoms with E-state index in [0.717, 1.165) is 5.56 Å². The average Bonchev–Trinajstić information content (AvgIpc) is 2.90. The molecule has 1 aromatic heterocycles. The van der Waals surface area contributed by atoms with Gasteiger partial charge in [0, 0.05) is 13.1 Å². The maximum atomic E-state index is 13.7. The minimum atomic E-state index is -3.97. The maximum Gasteiger partial charge on any atom is 0.243 e. The predicted molar refractivity (Wildman–Crippen MR) is 148 cm³/mol. The number of fused-ring (bicyclic) bond motifs is 1. The van der Waals surface area contributed by atoms with Crippen molar-refractivity contribution < 1.29 is 22.0 Å². The van der Waals surface area contributed by atoms with Gasteiger partial charge in [0.05, 0.1) is 35.2 Å². The molecule has 0 aliphatic rings. The molecule has 0 spiro atoms. The fraction of sp³-hybridized carbons (Fsp3) is 0.267. The van der Waals surface area contributed by atoms with Gasteiger partial charge in [-0.15, -0.1) is 0 Å². The highest BCUT2D eigenvalue weighted by Gasteiger charge is 2.29. The van der Waals surface area contributed by atoms with Crippen LogP contribution in [0.2, 0.25) is 0 Å². The number of sulfonamides is 1. The number of carbonyl (C=O) groups excluding carboxylic acids is 1. The lowest BCUT2D eigenvalue weighted by Gasteiger charge is -2.28. The Morgan fingerprint density at radius 2 is 1.62 bits per heavy atom. The molecule has 0 N–H and O–H groups in total. The number of hydrogen-bond acceptors (Lipinski definition) is 5. The lowest BCUT2D eigenvalue weighted by atomic mass is 10.1. The minimum absolute atomic E-state index is 0.0453. The van der Waals surface area contributed by atoms with E-state index in [9.17, 15) is 22.4 Å². The summed E-state index contributed by atoms with van der Waals surface area (Å²) in [5.74, 6) is -0.960. The van der Waals surface area contributed by atoms with Crippen LogP contribution in [0.1, 0.15) is 30.5 Å². The number of carbonyl (C=O) groups is 1. The molecule has 1 amide bonds. The van der Waals surface area contributed by atoms with Crippen molar-refractivity contribution in [2.45, 2.75) is 38.8 Å². The topological polar surface area (TPSA) is 87.9 Å². The van der Waals surface area contributed by atoms with Crippen molar-refractivity contribution in [2.75, 3.05) is 13.1 Å².